The Hall–Kier alpha value is 0.954. The maximum atomic E-state index is 9.49. The fraction of sp³-hybridized carbons (Fsp3) is 0.333. The van der Waals surface area contributed by atoms with E-state index >= 15 is 0 Å². The summed E-state index contributed by atoms with van der Waals surface area (Å²) in [6.45, 7) is 4.71. The minimum Gasteiger partial charge on any atom is -0.772 e. The van der Waals surface area contributed by atoms with Gasteiger partial charge in [-0.05, 0) is 5.75 Å². The van der Waals surface area contributed by atoms with E-state index in [0.29, 0.717) is 0 Å². The molecule has 0 amide bonds. The van der Waals surface area contributed by atoms with Crippen LogP contribution < -0.4 is 0 Å². The first-order chi connectivity index (χ1) is 2.77. The van der Waals surface area contributed by atoms with E-state index in [4.69, 9.17) is 6.58 Å². The molecule has 0 saturated carbocycles. The molecule has 0 aliphatic carbocycles. The molecular formula is C3H4O2SY-2. The summed E-state index contributed by atoms with van der Waals surface area (Å²) in [5.74, 6) is -0.0556. The molecule has 7 heavy (non-hydrogen) atoms. The Balaban J connectivity index is 0. The maximum Gasteiger partial charge on any atom is 0 e. The first-order valence-corrected chi connectivity index (χ1v) is 2.61. The number of rotatable bonds is 2. The van der Waals surface area contributed by atoms with Gasteiger partial charge in [0.25, 0.3) is 0 Å². The first-order valence-electron chi connectivity index (χ1n) is 1.36. The van der Waals surface area contributed by atoms with E-state index in [1.54, 1.807) is 0 Å². The Morgan fingerprint density at radius 1 is 1.86 bits per heavy atom. The molecule has 0 fully saturated rings. The fourth-order valence-electron chi connectivity index (χ4n) is 0.0786. The zero-order valence-corrected chi connectivity index (χ0v) is 7.32. The van der Waals surface area contributed by atoms with Gasteiger partial charge in [0.15, 0.2) is 0 Å². The van der Waals surface area contributed by atoms with Crippen LogP contribution >= 0.6 is 0 Å². The van der Waals surface area contributed by atoms with Gasteiger partial charge < -0.3 is 11.1 Å². The standard InChI is InChI=1S/C3H5O2S.Y/c1-2-3-6(4)5;/h1-2H,3H2,(H,4,5);/q-1;/p-1. The van der Waals surface area contributed by atoms with Gasteiger partial charge >= 0.3 is 0 Å². The first kappa shape index (κ1) is 10.9. The van der Waals surface area contributed by atoms with Crippen LogP contribution in [0.4, 0.5) is 0 Å². The van der Waals surface area contributed by atoms with Crippen molar-refractivity contribution in [2.75, 3.05) is 5.75 Å². The Morgan fingerprint density at radius 2 is 2.29 bits per heavy atom. The third-order valence-corrected chi connectivity index (χ3v) is 0.697. The molecule has 0 spiro atoms. The summed E-state index contributed by atoms with van der Waals surface area (Å²) < 4.78 is 19.0. The maximum absolute atomic E-state index is 9.49. The zero-order valence-electron chi connectivity index (χ0n) is 3.66. The molecule has 39 valence electrons. The van der Waals surface area contributed by atoms with Gasteiger partial charge in [-0.3, -0.25) is 10.3 Å². The van der Waals surface area contributed by atoms with Gasteiger partial charge in [-0.25, -0.2) is 0 Å². The zero-order chi connectivity index (χ0) is 4.99. The van der Waals surface area contributed by atoms with E-state index in [1.165, 1.54) is 0 Å². The topological polar surface area (TPSA) is 40.1 Å². The molecule has 0 aromatic carbocycles. The van der Waals surface area contributed by atoms with Gasteiger partial charge in [0, 0.05) is 32.7 Å². The van der Waals surface area contributed by atoms with Crippen molar-refractivity contribution in [3.63, 3.8) is 0 Å². The molecule has 4 heteroatoms. The molecule has 0 heterocycles. The second kappa shape index (κ2) is 6.95. The Kier molecular flexibility index (Phi) is 10.8. The van der Waals surface area contributed by atoms with Crippen LogP contribution in [0, 0.1) is 6.58 Å². The average molecular weight is 193 g/mol. The van der Waals surface area contributed by atoms with Gasteiger partial charge in [0.05, 0.1) is 0 Å². The molecule has 2 nitrogen and oxygen atoms in total. The average Bonchev–Trinajstić information content (AvgIpc) is 1.35. The summed E-state index contributed by atoms with van der Waals surface area (Å²) in [5.41, 5.74) is 0. The van der Waals surface area contributed by atoms with Crippen molar-refractivity contribution >= 4 is 11.1 Å². The Labute approximate surface area is 70.5 Å². The van der Waals surface area contributed by atoms with E-state index < -0.39 is 11.1 Å². The van der Waals surface area contributed by atoms with Crippen molar-refractivity contribution in [3.8, 4) is 0 Å². The van der Waals surface area contributed by atoms with Crippen molar-refractivity contribution < 1.29 is 41.5 Å². The van der Waals surface area contributed by atoms with Crippen molar-refractivity contribution in [2.45, 2.75) is 0 Å². The quantitative estimate of drug-likeness (QED) is 0.452. The summed E-state index contributed by atoms with van der Waals surface area (Å²) in [5, 5.41) is 0. The van der Waals surface area contributed by atoms with Crippen LogP contribution in [0.2, 0.25) is 0 Å². The summed E-state index contributed by atoms with van der Waals surface area (Å²) in [6, 6.07) is 0. The van der Waals surface area contributed by atoms with E-state index in [9.17, 15) is 8.76 Å². The largest absolute Gasteiger partial charge is 0.772 e. The summed E-state index contributed by atoms with van der Waals surface area (Å²) >= 11 is -2.00. The third kappa shape index (κ3) is 10.9. The van der Waals surface area contributed by atoms with E-state index in [-0.39, 0.29) is 38.5 Å². The van der Waals surface area contributed by atoms with Crippen molar-refractivity contribution in [3.05, 3.63) is 12.7 Å². The number of hydrogen-bond acceptors (Lipinski definition) is 2. The smallest absolute Gasteiger partial charge is 0 e. The second-order valence-corrected chi connectivity index (χ2v) is 1.65. The minimum atomic E-state index is -2.00. The van der Waals surface area contributed by atoms with E-state index in [2.05, 4.69) is 0 Å². The monoisotopic (exact) mass is 193 g/mol. The van der Waals surface area contributed by atoms with Gasteiger partial charge in [-0.15, -0.1) is 0 Å². The summed E-state index contributed by atoms with van der Waals surface area (Å²) in [4.78, 5) is 0. The molecule has 0 aliphatic rings. The third-order valence-electron chi connectivity index (χ3n) is 0.232. The summed E-state index contributed by atoms with van der Waals surface area (Å²) in [7, 11) is 0. The molecule has 1 unspecified atom stereocenters. The Morgan fingerprint density at radius 3 is 2.29 bits per heavy atom. The van der Waals surface area contributed by atoms with Crippen LogP contribution in [0.15, 0.2) is 6.08 Å². The van der Waals surface area contributed by atoms with Crippen molar-refractivity contribution in [1.29, 1.82) is 0 Å². The van der Waals surface area contributed by atoms with Crippen molar-refractivity contribution in [2.24, 2.45) is 0 Å². The van der Waals surface area contributed by atoms with Gasteiger partial charge in [0.1, 0.15) is 0 Å². The molecule has 0 rings (SSSR count). The van der Waals surface area contributed by atoms with Crippen LogP contribution in [0.25, 0.3) is 0 Å². The fourth-order valence-corrected chi connectivity index (χ4v) is 0.236. The second-order valence-electron chi connectivity index (χ2n) is 0.706. The molecule has 1 radical (unpaired) electrons. The molecular weight excluding hydrogens is 189 g/mol. The van der Waals surface area contributed by atoms with Crippen LogP contribution in [0.1, 0.15) is 0 Å². The Bertz CT molecular complexity index is 73.3. The SMILES string of the molecule is [CH-]=CCS(=O)[O-].[Y]. The molecule has 0 bridgehead atoms. The van der Waals surface area contributed by atoms with Gasteiger partial charge in [0.2, 0.25) is 0 Å². The molecule has 0 aromatic rings. The van der Waals surface area contributed by atoms with Crippen LogP contribution in [-0.4, -0.2) is 14.5 Å². The summed E-state index contributed by atoms with van der Waals surface area (Å²) in [6.07, 6.45) is 1.09. The predicted octanol–water partition coefficient (Wildman–Crippen LogP) is -0.148. The van der Waals surface area contributed by atoms with Crippen LogP contribution in [0.5, 0.6) is 0 Å². The molecule has 0 aromatic heterocycles. The van der Waals surface area contributed by atoms with E-state index in [1.807, 2.05) is 0 Å². The number of hydrogen-bond donors (Lipinski definition) is 0. The van der Waals surface area contributed by atoms with Gasteiger partial charge in [-0.2, -0.15) is 0 Å². The van der Waals surface area contributed by atoms with E-state index in [0.717, 1.165) is 6.08 Å². The van der Waals surface area contributed by atoms with Crippen LogP contribution in [0.3, 0.4) is 0 Å². The molecule has 0 aliphatic heterocycles. The molecule has 0 N–H and O–H groups in total. The molecule has 0 saturated heterocycles. The van der Waals surface area contributed by atoms with Gasteiger partial charge in [-0.1, -0.05) is 11.1 Å². The minimum absolute atomic E-state index is 0. The predicted molar refractivity (Wildman–Crippen MR) is 22.7 cm³/mol. The normalized spacial score (nSPS) is 11.6. The van der Waals surface area contributed by atoms with Crippen LogP contribution in [-0.2, 0) is 43.8 Å². The molecule has 1 atom stereocenters. The van der Waals surface area contributed by atoms with Crippen molar-refractivity contribution in [1.82, 2.24) is 0 Å².